The Morgan fingerprint density at radius 1 is 1.05 bits per heavy atom. The van der Waals surface area contributed by atoms with Crippen LogP contribution in [0.4, 0.5) is 5.82 Å². The molecule has 2 bridgehead atoms. The number of nitrogens with zero attached hydrogens (tertiary/aromatic N) is 5. The Morgan fingerprint density at radius 3 is 2.41 bits per heavy atom. The van der Waals surface area contributed by atoms with E-state index in [2.05, 4.69) is 11.9 Å². The summed E-state index contributed by atoms with van der Waals surface area (Å²) in [5.74, 6) is 0.469. The van der Waals surface area contributed by atoms with E-state index in [1.807, 2.05) is 11.0 Å². The lowest BCUT2D eigenvalue weighted by molar-refractivity contribution is 0.254. The highest BCUT2D eigenvalue weighted by atomic mass is 16.2. The van der Waals surface area contributed by atoms with E-state index in [0.717, 1.165) is 30.5 Å². The number of likely N-dealkylation sites (N-methyl/N-ethyl adjacent to an activating group) is 1. The van der Waals surface area contributed by atoms with Crippen LogP contribution in [0.25, 0.3) is 0 Å². The average Bonchev–Trinajstić information content (AvgIpc) is 2.74. The SMILES string of the molecule is CN1C2CCC1CN(c1c(C#N)c(=O)n(C)c(=O)n1C)CC2. The van der Waals surface area contributed by atoms with Crippen LogP contribution in [-0.2, 0) is 14.1 Å². The predicted molar refractivity (Wildman–Crippen MR) is 83.0 cm³/mol. The smallest absolute Gasteiger partial charge is 0.332 e. The Balaban J connectivity index is 2.11. The monoisotopic (exact) mass is 303 g/mol. The van der Waals surface area contributed by atoms with Crippen LogP contribution < -0.4 is 16.1 Å². The highest BCUT2D eigenvalue weighted by Crippen LogP contribution is 2.30. The number of hydrogen-bond donors (Lipinski definition) is 0. The molecule has 0 radical (unpaired) electrons. The van der Waals surface area contributed by atoms with Gasteiger partial charge in [0.25, 0.3) is 5.56 Å². The van der Waals surface area contributed by atoms with Crippen LogP contribution in [0.3, 0.4) is 0 Å². The minimum Gasteiger partial charge on any atom is -0.355 e. The Labute approximate surface area is 129 Å². The molecule has 2 fully saturated rings. The van der Waals surface area contributed by atoms with E-state index in [1.165, 1.54) is 18.0 Å². The molecule has 118 valence electrons. The van der Waals surface area contributed by atoms with Gasteiger partial charge in [0, 0.05) is 39.3 Å². The third kappa shape index (κ3) is 2.06. The summed E-state index contributed by atoms with van der Waals surface area (Å²) < 4.78 is 2.43. The van der Waals surface area contributed by atoms with E-state index in [1.54, 1.807) is 7.05 Å². The summed E-state index contributed by atoms with van der Waals surface area (Å²) in [5, 5.41) is 9.41. The van der Waals surface area contributed by atoms with Crippen molar-refractivity contribution in [1.82, 2.24) is 14.0 Å². The van der Waals surface area contributed by atoms with Crippen LogP contribution in [0.2, 0.25) is 0 Å². The first-order chi connectivity index (χ1) is 10.5. The maximum absolute atomic E-state index is 12.2. The zero-order chi connectivity index (χ0) is 16.0. The minimum atomic E-state index is -0.511. The van der Waals surface area contributed by atoms with Crippen molar-refractivity contribution in [1.29, 1.82) is 5.26 Å². The van der Waals surface area contributed by atoms with Gasteiger partial charge in [-0.15, -0.1) is 0 Å². The Kier molecular flexibility index (Phi) is 3.57. The van der Waals surface area contributed by atoms with Gasteiger partial charge in [-0.2, -0.15) is 5.26 Å². The molecule has 0 amide bonds. The van der Waals surface area contributed by atoms with E-state index in [0.29, 0.717) is 17.9 Å². The zero-order valence-corrected chi connectivity index (χ0v) is 13.2. The molecule has 0 aromatic carbocycles. The fourth-order valence-corrected chi connectivity index (χ4v) is 3.80. The number of anilines is 1. The van der Waals surface area contributed by atoms with Gasteiger partial charge in [0.05, 0.1) is 0 Å². The molecule has 7 nitrogen and oxygen atoms in total. The normalized spacial score (nSPS) is 25.1. The van der Waals surface area contributed by atoms with E-state index >= 15 is 0 Å². The molecule has 2 aliphatic rings. The molecule has 2 aliphatic heterocycles. The van der Waals surface area contributed by atoms with Crippen molar-refractivity contribution in [3.05, 3.63) is 26.4 Å². The predicted octanol–water partition coefficient (Wildman–Crippen LogP) is -0.371. The molecule has 22 heavy (non-hydrogen) atoms. The van der Waals surface area contributed by atoms with Crippen molar-refractivity contribution in [2.75, 3.05) is 25.0 Å². The van der Waals surface area contributed by atoms with Crippen molar-refractivity contribution in [2.45, 2.75) is 31.3 Å². The molecule has 1 aromatic rings. The Hall–Kier alpha value is -2.07. The number of aromatic nitrogens is 2. The molecule has 0 N–H and O–H groups in total. The molecule has 3 rings (SSSR count). The molecule has 3 heterocycles. The fraction of sp³-hybridized carbons (Fsp3) is 0.667. The van der Waals surface area contributed by atoms with Crippen LogP contribution in [0.1, 0.15) is 24.8 Å². The number of nitriles is 1. The van der Waals surface area contributed by atoms with Crippen LogP contribution in [-0.4, -0.2) is 46.3 Å². The molecule has 2 unspecified atom stereocenters. The third-order valence-electron chi connectivity index (χ3n) is 5.19. The molecule has 0 aliphatic carbocycles. The largest absolute Gasteiger partial charge is 0.355 e. The van der Waals surface area contributed by atoms with Gasteiger partial charge in [-0.3, -0.25) is 18.8 Å². The van der Waals surface area contributed by atoms with Crippen molar-refractivity contribution in [3.8, 4) is 6.07 Å². The van der Waals surface area contributed by atoms with Gasteiger partial charge in [-0.1, -0.05) is 0 Å². The van der Waals surface area contributed by atoms with Gasteiger partial charge in [-0.05, 0) is 26.3 Å². The quantitative estimate of drug-likeness (QED) is 0.707. The average molecular weight is 303 g/mol. The fourth-order valence-electron chi connectivity index (χ4n) is 3.80. The summed E-state index contributed by atoms with van der Waals surface area (Å²) in [6.45, 7) is 1.52. The van der Waals surface area contributed by atoms with E-state index < -0.39 is 5.56 Å². The minimum absolute atomic E-state index is 0.0602. The van der Waals surface area contributed by atoms with E-state index in [4.69, 9.17) is 0 Å². The molecule has 1 aromatic heterocycles. The summed E-state index contributed by atoms with van der Waals surface area (Å²) in [5.41, 5.74) is -0.838. The van der Waals surface area contributed by atoms with Gasteiger partial charge < -0.3 is 4.90 Å². The van der Waals surface area contributed by atoms with Crippen LogP contribution in [0.5, 0.6) is 0 Å². The van der Waals surface area contributed by atoms with Crippen molar-refractivity contribution < 1.29 is 0 Å². The van der Waals surface area contributed by atoms with Crippen LogP contribution in [0, 0.1) is 11.3 Å². The van der Waals surface area contributed by atoms with Crippen molar-refractivity contribution >= 4 is 5.82 Å². The maximum Gasteiger partial charge on any atom is 0.332 e. The first-order valence-electron chi connectivity index (χ1n) is 7.62. The standard InChI is InChI=1S/C15H21N5O2/c1-17-10-4-5-11(17)9-20(7-6-10)13-12(8-16)14(21)19(3)15(22)18(13)2/h10-11H,4-7,9H2,1-3H3. The van der Waals surface area contributed by atoms with E-state index in [-0.39, 0.29) is 11.3 Å². The van der Waals surface area contributed by atoms with Crippen molar-refractivity contribution in [2.24, 2.45) is 14.1 Å². The van der Waals surface area contributed by atoms with Crippen LogP contribution >= 0.6 is 0 Å². The molecule has 2 atom stereocenters. The van der Waals surface area contributed by atoms with Crippen molar-refractivity contribution in [3.63, 3.8) is 0 Å². The Morgan fingerprint density at radius 2 is 1.73 bits per heavy atom. The zero-order valence-electron chi connectivity index (χ0n) is 13.2. The van der Waals surface area contributed by atoms with Gasteiger partial charge >= 0.3 is 5.69 Å². The molecule has 2 saturated heterocycles. The van der Waals surface area contributed by atoms with Gasteiger partial charge in [0.2, 0.25) is 0 Å². The lowest BCUT2D eigenvalue weighted by Crippen LogP contribution is -2.44. The molecule has 7 heteroatoms. The maximum atomic E-state index is 12.2. The lowest BCUT2D eigenvalue weighted by Gasteiger charge is -2.29. The number of hydrogen-bond acceptors (Lipinski definition) is 5. The highest BCUT2D eigenvalue weighted by molar-refractivity contribution is 5.54. The first-order valence-corrected chi connectivity index (χ1v) is 7.62. The second-order valence-electron chi connectivity index (χ2n) is 6.30. The van der Waals surface area contributed by atoms with Gasteiger partial charge in [0.15, 0.2) is 5.56 Å². The summed E-state index contributed by atoms with van der Waals surface area (Å²) in [6, 6.07) is 2.97. The van der Waals surface area contributed by atoms with E-state index in [9.17, 15) is 14.9 Å². The summed E-state index contributed by atoms with van der Waals surface area (Å²) >= 11 is 0. The lowest BCUT2D eigenvalue weighted by atomic mass is 10.1. The van der Waals surface area contributed by atoms with Gasteiger partial charge in [0.1, 0.15) is 11.9 Å². The topological polar surface area (TPSA) is 74.3 Å². The highest BCUT2D eigenvalue weighted by Gasteiger charge is 2.36. The van der Waals surface area contributed by atoms with Crippen LogP contribution in [0.15, 0.2) is 9.59 Å². The summed E-state index contributed by atoms with van der Waals surface area (Å²) in [4.78, 5) is 28.9. The summed E-state index contributed by atoms with van der Waals surface area (Å²) in [6.07, 6.45) is 3.31. The summed E-state index contributed by atoms with van der Waals surface area (Å²) in [7, 11) is 5.18. The Bertz CT molecular complexity index is 757. The number of rotatable bonds is 1. The first kappa shape index (κ1) is 14.9. The molecular formula is C15H21N5O2. The molecular weight excluding hydrogens is 282 g/mol. The third-order valence-corrected chi connectivity index (χ3v) is 5.19. The second-order valence-corrected chi connectivity index (χ2v) is 6.30. The second kappa shape index (κ2) is 5.29. The molecule has 0 saturated carbocycles. The number of fused-ring (bicyclic) bond motifs is 2. The molecule has 0 spiro atoms. The van der Waals surface area contributed by atoms with Gasteiger partial charge in [-0.25, -0.2) is 4.79 Å².